The first kappa shape index (κ1) is 18.9. The molecule has 10 nitrogen and oxygen atoms in total. The Bertz CT molecular complexity index is 1260. The Morgan fingerprint density at radius 1 is 1.30 bits per heavy atom. The molecule has 0 saturated carbocycles. The van der Waals surface area contributed by atoms with Crippen molar-refractivity contribution in [1.82, 2.24) is 20.2 Å². The molecule has 2 unspecified atom stereocenters. The second-order valence-corrected chi connectivity index (χ2v) is 8.05. The summed E-state index contributed by atoms with van der Waals surface area (Å²) in [5.41, 5.74) is 10.8. The molecule has 0 radical (unpaired) electrons. The van der Waals surface area contributed by atoms with Gasteiger partial charge in [0.1, 0.15) is 0 Å². The van der Waals surface area contributed by atoms with E-state index in [-0.39, 0.29) is 16.8 Å². The lowest BCUT2D eigenvalue weighted by Gasteiger charge is -2.28. The van der Waals surface area contributed by atoms with E-state index >= 15 is 0 Å². The molecule has 2 atom stereocenters. The molecule has 0 saturated heterocycles. The number of halogens is 1. The number of aromatic nitrogens is 3. The van der Waals surface area contributed by atoms with Crippen LogP contribution in [0.4, 0.5) is 5.82 Å². The van der Waals surface area contributed by atoms with Gasteiger partial charge in [0.25, 0.3) is 5.56 Å². The number of hydrazone groups is 1. The number of H-pyrrole nitrogens is 1. The molecule has 1 aromatic heterocycles. The summed E-state index contributed by atoms with van der Waals surface area (Å²) in [5, 5.41) is 18.6. The number of rotatable bonds is 2. The van der Waals surface area contributed by atoms with Gasteiger partial charge in [-0.05, 0) is 48.8 Å². The van der Waals surface area contributed by atoms with Crippen LogP contribution >= 0.6 is 11.6 Å². The highest BCUT2D eigenvalue weighted by atomic mass is 35.5. The quantitative estimate of drug-likeness (QED) is 0.545. The van der Waals surface area contributed by atoms with Gasteiger partial charge < -0.3 is 15.6 Å². The number of aliphatic hydroxyl groups excluding tert-OH is 1. The number of aromatic amines is 1. The first-order chi connectivity index (χ1) is 14.3. The number of hydrogen-bond acceptors (Lipinski definition) is 8. The molecule has 5 rings (SSSR count). The van der Waals surface area contributed by atoms with Crippen molar-refractivity contribution in [1.29, 1.82) is 0 Å². The molecular formula is C19H19ClN6O4. The number of fused-ring (bicyclic) bond motifs is 1. The number of nitrogens with two attached hydrogens (primary N) is 1. The van der Waals surface area contributed by atoms with Gasteiger partial charge in [-0.3, -0.25) is 15.2 Å². The minimum absolute atomic E-state index is 0.237. The zero-order valence-corrected chi connectivity index (χ0v) is 16.8. The predicted molar refractivity (Wildman–Crippen MR) is 110 cm³/mol. The summed E-state index contributed by atoms with van der Waals surface area (Å²) < 4.78 is 7.16. The topological polar surface area (TPSA) is 148 Å². The Hall–Kier alpha value is -3.11. The lowest BCUT2D eigenvalue weighted by molar-refractivity contribution is 0.161. The Kier molecular flexibility index (Phi) is 4.23. The van der Waals surface area contributed by atoms with Crippen molar-refractivity contribution in [3.63, 3.8) is 0 Å². The van der Waals surface area contributed by atoms with Gasteiger partial charge in [0, 0.05) is 11.1 Å². The number of ether oxygens (including phenoxy) is 1. The normalized spacial score (nSPS) is 22.0. The van der Waals surface area contributed by atoms with Crippen molar-refractivity contribution in [3.05, 3.63) is 54.2 Å². The SMILES string of the molecule is CC1CCC2=C1C(O)NN=C2Oc1c(Cl)cc(-n2nc(N)c(=O)[nH]c2=O)c2c1CC2. The van der Waals surface area contributed by atoms with Crippen molar-refractivity contribution in [2.75, 3.05) is 5.73 Å². The van der Waals surface area contributed by atoms with Crippen LogP contribution in [0.3, 0.4) is 0 Å². The monoisotopic (exact) mass is 430 g/mol. The molecule has 2 heterocycles. The fourth-order valence-electron chi connectivity index (χ4n) is 4.26. The van der Waals surface area contributed by atoms with E-state index in [0.717, 1.165) is 39.8 Å². The van der Waals surface area contributed by atoms with Crippen molar-refractivity contribution in [3.8, 4) is 11.4 Å². The Balaban J connectivity index is 1.56. The number of hydrogen-bond donors (Lipinski definition) is 4. The number of anilines is 1. The molecule has 1 aliphatic heterocycles. The summed E-state index contributed by atoms with van der Waals surface area (Å²) in [6.45, 7) is 2.06. The predicted octanol–water partition coefficient (Wildman–Crippen LogP) is 0.595. The first-order valence-electron chi connectivity index (χ1n) is 9.61. The van der Waals surface area contributed by atoms with E-state index in [0.29, 0.717) is 30.2 Å². The highest BCUT2D eigenvalue weighted by Gasteiger charge is 2.35. The lowest BCUT2D eigenvalue weighted by atomic mass is 9.86. The molecular weight excluding hydrogens is 412 g/mol. The standard InChI is InChI=1S/C19H19ClN6O4/c1-7-2-3-10-13(7)16(27)23-24-18(10)30-14-9-5-4-8(9)12(6-11(14)20)26-19(29)22-17(28)15(21)25-26/h6-7,16,23,27H,2-5H2,1H3,(H2,21,25)(H,22,28,29). The zero-order valence-electron chi connectivity index (χ0n) is 16.0. The van der Waals surface area contributed by atoms with Crippen molar-refractivity contribution < 1.29 is 9.84 Å². The summed E-state index contributed by atoms with van der Waals surface area (Å²) in [7, 11) is 0. The van der Waals surface area contributed by atoms with Crippen LogP contribution in [0.5, 0.6) is 5.75 Å². The van der Waals surface area contributed by atoms with Gasteiger partial charge in [-0.15, -0.1) is 10.2 Å². The highest BCUT2D eigenvalue weighted by Crippen LogP contribution is 2.43. The summed E-state index contributed by atoms with van der Waals surface area (Å²) >= 11 is 6.52. The molecule has 30 heavy (non-hydrogen) atoms. The van der Waals surface area contributed by atoms with Crippen LogP contribution in [0.1, 0.15) is 30.9 Å². The molecule has 0 fully saturated rings. The van der Waals surface area contributed by atoms with Crippen LogP contribution in [0.15, 0.2) is 31.9 Å². The second-order valence-electron chi connectivity index (χ2n) is 7.64. The van der Waals surface area contributed by atoms with Crippen molar-refractivity contribution in [2.24, 2.45) is 11.0 Å². The van der Waals surface area contributed by atoms with Crippen molar-refractivity contribution >= 4 is 23.3 Å². The van der Waals surface area contributed by atoms with Crippen LogP contribution < -0.4 is 27.1 Å². The average molecular weight is 431 g/mol. The van der Waals surface area contributed by atoms with E-state index in [2.05, 4.69) is 27.5 Å². The lowest BCUT2D eigenvalue weighted by Crippen LogP contribution is -2.36. The average Bonchev–Trinajstić information content (AvgIpc) is 3.06. The van der Waals surface area contributed by atoms with Crippen LogP contribution in [0.25, 0.3) is 5.69 Å². The van der Waals surface area contributed by atoms with Crippen LogP contribution in [-0.2, 0) is 12.8 Å². The Labute approximate surface area is 175 Å². The third kappa shape index (κ3) is 2.75. The minimum Gasteiger partial charge on any atom is -0.435 e. The van der Waals surface area contributed by atoms with Gasteiger partial charge in [-0.25, -0.2) is 4.79 Å². The fourth-order valence-corrected chi connectivity index (χ4v) is 4.52. The van der Waals surface area contributed by atoms with Crippen LogP contribution in [-0.4, -0.2) is 32.0 Å². The third-order valence-electron chi connectivity index (χ3n) is 5.88. The molecule has 3 aliphatic rings. The maximum atomic E-state index is 12.2. The largest absolute Gasteiger partial charge is 0.435 e. The molecule has 0 amide bonds. The van der Waals surface area contributed by atoms with E-state index in [1.165, 1.54) is 0 Å². The Morgan fingerprint density at radius 2 is 2.07 bits per heavy atom. The number of nitrogen functional groups attached to an aromatic ring is 1. The van der Waals surface area contributed by atoms with Gasteiger partial charge in [0.05, 0.1) is 10.7 Å². The Morgan fingerprint density at radius 3 is 2.80 bits per heavy atom. The number of nitrogens with zero attached hydrogens (tertiary/aromatic N) is 3. The zero-order chi connectivity index (χ0) is 21.2. The van der Waals surface area contributed by atoms with E-state index < -0.39 is 17.5 Å². The highest BCUT2D eigenvalue weighted by molar-refractivity contribution is 6.32. The molecule has 1 aromatic carbocycles. The molecule has 5 N–H and O–H groups in total. The number of nitrogens with one attached hydrogen (secondary N) is 2. The van der Waals surface area contributed by atoms with Gasteiger partial charge in [-0.1, -0.05) is 18.5 Å². The van der Waals surface area contributed by atoms with E-state index in [1.54, 1.807) is 6.07 Å². The summed E-state index contributed by atoms with van der Waals surface area (Å²) in [5.74, 6) is 0.790. The van der Waals surface area contributed by atoms with Crippen LogP contribution in [0, 0.1) is 5.92 Å². The van der Waals surface area contributed by atoms with Gasteiger partial charge in [0.2, 0.25) is 11.7 Å². The molecule has 11 heteroatoms. The fraction of sp³-hybridized carbons (Fsp3) is 0.368. The second kappa shape index (κ2) is 6.71. The number of benzene rings is 1. The summed E-state index contributed by atoms with van der Waals surface area (Å²) in [4.78, 5) is 25.9. The van der Waals surface area contributed by atoms with Crippen molar-refractivity contribution in [2.45, 2.75) is 38.8 Å². The molecule has 0 spiro atoms. The van der Waals surface area contributed by atoms with E-state index in [4.69, 9.17) is 22.1 Å². The maximum Gasteiger partial charge on any atom is 0.349 e. The van der Waals surface area contributed by atoms with E-state index in [9.17, 15) is 14.7 Å². The minimum atomic E-state index is -0.811. The molecule has 156 valence electrons. The van der Waals surface area contributed by atoms with Gasteiger partial charge in [-0.2, -0.15) is 4.68 Å². The van der Waals surface area contributed by atoms with E-state index in [1.807, 2.05) is 0 Å². The molecule has 0 bridgehead atoms. The molecule has 2 aliphatic carbocycles. The maximum absolute atomic E-state index is 12.2. The van der Waals surface area contributed by atoms with Gasteiger partial charge in [0.15, 0.2) is 12.0 Å². The first-order valence-corrected chi connectivity index (χ1v) is 9.99. The smallest absolute Gasteiger partial charge is 0.349 e. The number of aliphatic hydroxyl groups is 1. The third-order valence-corrected chi connectivity index (χ3v) is 6.16. The van der Waals surface area contributed by atoms with Gasteiger partial charge >= 0.3 is 5.69 Å². The molecule has 2 aromatic rings. The summed E-state index contributed by atoms with van der Waals surface area (Å²) in [6, 6.07) is 1.57. The summed E-state index contributed by atoms with van der Waals surface area (Å²) in [6.07, 6.45) is 2.27. The van der Waals surface area contributed by atoms with Crippen LogP contribution in [0.2, 0.25) is 5.02 Å².